The van der Waals surface area contributed by atoms with Gasteiger partial charge in [-0.1, -0.05) is 50.2 Å². The van der Waals surface area contributed by atoms with Crippen LogP contribution in [0.15, 0.2) is 53.7 Å². The molecule has 4 N–H and O–H groups in total. The van der Waals surface area contributed by atoms with E-state index in [2.05, 4.69) is 69.7 Å². The maximum atomic E-state index is 11.7. The first-order chi connectivity index (χ1) is 14.9. The maximum Gasteiger partial charge on any atom is 0.222 e. The van der Waals surface area contributed by atoms with Crippen LogP contribution in [0.25, 0.3) is 0 Å². The summed E-state index contributed by atoms with van der Waals surface area (Å²) in [5.41, 5.74) is 7.86. The number of nitrogens with one attached hydrogen (secondary N) is 2. The molecule has 1 aliphatic heterocycles. The summed E-state index contributed by atoms with van der Waals surface area (Å²) in [4.78, 5) is 22.8. The zero-order valence-corrected chi connectivity index (χ0v) is 21.5. The van der Waals surface area contributed by atoms with E-state index in [0.29, 0.717) is 13.1 Å². The highest BCUT2D eigenvalue weighted by molar-refractivity contribution is 14.0. The fraction of sp³-hybridized carbons (Fsp3) is 0.458. The van der Waals surface area contributed by atoms with Gasteiger partial charge in [0.1, 0.15) is 5.82 Å². The number of amides is 1. The van der Waals surface area contributed by atoms with Gasteiger partial charge in [0.15, 0.2) is 5.96 Å². The number of benzene rings is 1. The van der Waals surface area contributed by atoms with Crippen LogP contribution in [0.2, 0.25) is 0 Å². The third-order valence-corrected chi connectivity index (χ3v) is 5.91. The maximum absolute atomic E-state index is 11.7. The Kier molecular flexibility index (Phi) is 9.74. The van der Waals surface area contributed by atoms with E-state index in [1.165, 1.54) is 5.56 Å². The van der Waals surface area contributed by atoms with Gasteiger partial charge in [-0.25, -0.2) is 4.98 Å². The number of primary amides is 1. The number of anilines is 1. The molecule has 174 valence electrons. The van der Waals surface area contributed by atoms with E-state index >= 15 is 0 Å². The second-order valence-electron chi connectivity index (χ2n) is 8.70. The van der Waals surface area contributed by atoms with Crippen LogP contribution in [-0.2, 0) is 16.8 Å². The predicted molar refractivity (Wildman–Crippen MR) is 141 cm³/mol. The number of nitrogens with zero attached hydrogens (tertiary/aromatic N) is 3. The number of pyridine rings is 1. The first-order valence-electron chi connectivity index (χ1n) is 10.9. The number of guanidine groups is 1. The monoisotopic (exact) mass is 550 g/mol. The number of nitrogens with two attached hydrogens (primary N) is 1. The Morgan fingerprint density at radius 2 is 1.97 bits per heavy atom. The number of aliphatic imine (C=N–C) groups is 1. The van der Waals surface area contributed by atoms with E-state index in [9.17, 15) is 4.79 Å². The van der Waals surface area contributed by atoms with Gasteiger partial charge in [0, 0.05) is 50.4 Å². The van der Waals surface area contributed by atoms with Gasteiger partial charge in [-0.2, -0.15) is 0 Å². The lowest BCUT2D eigenvalue weighted by molar-refractivity contribution is -0.122. The molecular formula is C24H35IN6O. The highest BCUT2D eigenvalue weighted by atomic mass is 127. The van der Waals surface area contributed by atoms with Crippen molar-refractivity contribution < 1.29 is 4.79 Å². The summed E-state index contributed by atoms with van der Waals surface area (Å²) in [6.45, 7) is 7.28. The van der Waals surface area contributed by atoms with E-state index in [4.69, 9.17) is 5.73 Å². The molecule has 1 fully saturated rings. The lowest BCUT2D eigenvalue weighted by atomic mass is 9.85. The zero-order valence-electron chi connectivity index (χ0n) is 19.2. The summed E-state index contributed by atoms with van der Waals surface area (Å²) in [7, 11) is 1.77. The second kappa shape index (κ2) is 12.0. The summed E-state index contributed by atoms with van der Waals surface area (Å²) in [5, 5.41) is 6.85. The Hall–Kier alpha value is -2.36. The number of carbonyl (C=O) groups is 1. The van der Waals surface area contributed by atoms with Crippen molar-refractivity contribution in [2.75, 3.05) is 31.6 Å². The SMILES string of the molecule is CN=C(NCc1cccnc1N1CCCC(C(N)=O)C1)NCC(C)(C)c1ccccc1.I. The molecule has 1 atom stereocenters. The molecule has 1 aliphatic rings. The molecule has 8 heteroatoms. The zero-order chi connectivity index (χ0) is 22.3. The van der Waals surface area contributed by atoms with E-state index in [0.717, 1.165) is 43.3 Å². The number of hydrogen-bond acceptors (Lipinski definition) is 4. The molecule has 7 nitrogen and oxygen atoms in total. The van der Waals surface area contributed by atoms with Crippen LogP contribution in [0.1, 0.15) is 37.8 Å². The van der Waals surface area contributed by atoms with Crippen molar-refractivity contribution in [2.24, 2.45) is 16.6 Å². The first kappa shape index (κ1) is 25.9. The molecule has 2 heterocycles. The van der Waals surface area contributed by atoms with E-state index in [-0.39, 0.29) is 41.2 Å². The third kappa shape index (κ3) is 6.82. The number of rotatable bonds is 7. The molecule has 1 amide bonds. The van der Waals surface area contributed by atoms with Crippen LogP contribution in [0.3, 0.4) is 0 Å². The highest BCUT2D eigenvalue weighted by Gasteiger charge is 2.26. The van der Waals surface area contributed by atoms with Crippen molar-refractivity contribution in [2.45, 2.75) is 38.6 Å². The van der Waals surface area contributed by atoms with Crippen molar-refractivity contribution in [3.8, 4) is 0 Å². The summed E-state index contributed by atoms with van der Waals surface area (Å²) < 4.78 is 0. The lowest BCUT2D eigenvalue weighted by Gasteiger charge is -2.33. The fourth-order valence-corrected chi connectivity index (χ4v) is 3.95. The Morgan fingerprint density at radius 3 is 2.66 bits per heavy atom. The first-order valence-corrected chi connectivity index (χ1v) is 10.9. The molecule has 0 radical (unpaired) electrons. The van der Waals surface area contributed by atoms with Crippen LogP contribution >= 0.6 is 24.0 Å². The van der Waals surface area contributed by atoms with Crippen LogP contribution < -0.4 is 21.3 Å². The van der Waals surface area contributed by atoms with E-state index in [1.807, 2.05) is 12.1 Å². The second-order valence-corrected chi connectivity index (χ2v) is 8.70. The van der Waals surface area contributed by atoms with Gasteiger partial charge in [-0.05, 0) is 24.5 Å². The average Bonchev–Trinajstić information content (AvgIpc) is 2.80. The van der Waals surface area contributed by atoms with Crippen LogP contribution in [0.4, 0.5) is 5.82 Å². The van der Waals surface area contributed by atoms with Crippen molar-refractivity contribution in [1.29, 1.82) is 0 Å². The molecule has 1 saturated heterocycles. The topological polar surface area (TPSA) is 95.6 Å². The summed E-state index contributed by atoms with van der Waals surface area (Å²) >= 11 is 0. The summed E-state index contributed by atoms with van der Waals surface area (Å²) in [6.07, 6.45) is 3.58. The standard InChI is InChI=1S/C24H34N6O.HI/c1-24(2,20-11-5-4-6-12-20)17-29-23(26-3)28-15-18-9-7-13-27-22(18)30-14-8-10-19(16-30)21(25)31;/h4-7,9,11-13,19H,8,10,14-17H2,1-3H3,(H2,25,31)(H2,26,28,29);1H. The molecular weight excluding hydrogens is 515 g/mol. The van der Waals surface area contributed by atoms with E-state index in [1.54, 1.807) is 13.2 Å². The summed E-state index contributed by atoms with van der Waals surface area (Å²) in [5.74, 6) is 1.30. The summed E-state index contributed by atoms with van der Waals surface area (Å²) in [6, 6.07) is 14.5. The molecule has 1 unspecified atom stereocenters. The van der Waals surface area contributed by atoms with Gasteiger partial charge < -0.3 is 21.3 Å². The molecule has 1 aromatic carbocycles. The molecule has 0 aliphatic carbocycles. The largest absolute Gasteiger partial charge is 0.369 e. The molecule has 0 bridgehead atoms. The van der Waals surface area contributed by atoms with Crippen LogP contribution in [-0.4, -0.2) is 43.5 Å². The molecule has 2 aromatic rings. The van der Waals surface area contributed by atoms with Gasteiger partial charge in [-0.3, -0.25) is 9.79 Å². The Morgan fingerprint density at radius 1 is 1.22 bits per heavy atom. The highest BCUT2D eigenvalue weighted by Crippen LogP contribution is 2.24. The Labute approximate surface area is 208 Å². The minimum absolute atomic E-state index is 0. The smallest absolute Gasteiger partial charge is 0.222 e. The third-order valence-electron chi connectivity index (χ3n) is 5.91. The Balaban J connectivity index is 0.00000363. The van der Waals surface area contributed by atoms with Crippen LogP contribution in [0.5, 0.6) is 0 Å². The fourth-order valence-electron chi connectivity index (χ4n) is 3.95. The van der Waals surface area contributed by atoms with Gasteiger partial charge in [0.2, 0.25) is 5.91 Å². The lowest BCUT2D eigenvalue weighted by Crippen LogP contribution is -2.44. The molecule has 1 aromatic heterocycles. The molecule has 0 saturated carbocycles. The van der Waals surface area contributed by atoms with Gasteiger partial charge >= 0.3 is 0 Å². The molecule has 3 rings (SSSR count). The number of halogens is 1. The molecule has 0 spiro atoms. The van der Waals surface area contributed by atoms with Gasteiger partial charge in [-0.15, -0.1) is 24.0 Å². The number of hydrogen-bond donors (Lipinski definition) is 3. The van der Waals surface area contributed by atoms with Gasteiger partial charge in [0.05, 0.1) is 5.92 Å². The van der Waals surface area contributed by atoms with Crippen molar-refractivity contribution in [1.82, 2.24) is 15.6 Å². The van der Waals surface area contributed by atoms with E-state index < -0.39 is 0 Å². The quantitative estimate of drug-likeness (QED) is 0.280. The number of carbonyl (C=O) groups excluding carboxylic acids is 1. The normalized spacial score (nSPS) is 16.8. The van der Waals surface area contributed by atoms with Crippen molar-refractivity contribution >= 4 is 41.7 Å². The molecule has 32 heavy (non-hydrogen) atoms. The number of piperidine rings is 1. The minimum Gasteiger partial charge on any atom is -0.369 e. The Bertz CT molecular complexity index is 902. The van der Waals surface area contributed by atoms with Crippen LogP contribution in [0, 0.1) is 5.92 Å². The minimum atomic E-state index is -0.231. The average molecular weight is 550 g/mol. The predicted octanol–water partition coefficient (Wildman–Crippen LogP) is 3.04. The van der Waals surface area contributed by atoms with Crippen molar-refractivity contribution in [3.05, 3.63) is 59.8 Å². The van der Waals surface area contributed by atoms with Gasteiger partial charge in [0.25, 0.3) is 0 Å². The number of aromatic nitrogens is 1. The van der Waals surface area contributed by atoms with Crippen molar-refractivity contribution in [3.63, 3.8) is 0 Å².